The van der Waals surface area contributed by atoms with E-state index in [0.717, 1.165) is 28.6 Å². The van der Waals surface area contributed by atoms with Crippen molar-refractivity contribution >= 4 is 57.1 Å². The third kappa shape index (κ3) is 3.65. The van der Waals surface area contributed by atoms with Crippen LogP contribution in [0.25, 0.3) is 5.57 Å². The number of rotatable bonds is 5. The smallest absolute Gasteiger partial charge is 0.271 e. The van der Waals surface area contributed by atoms with Gasteiger partial charge in [-0.1, -0.05) is 72.5 Å². The zero-order chi connectivity index (χ0) is 23.8. The van der Waals surface area contributed by atoms with Crippen LogP contribution in [0.1, 0.15) is 11.1 Å². The molecule has 0 aliphatic carbocycles. The molecule has 0 bridgehead atoms. The molecule has 8 heteroatoms. The van der Waals surface area contributed by atoms with Crippen molar-refractivity contribution in [2.75, 3.05) is 24.0 Å². The van der Waals surface area contributed by atoms with E-state index >= 15 is 0 Å². The van der Waals surface area contributed by atoms with Gasteiger partial charge in [-0.25, -0.2) is 0 Å². The van der Waals surface area contributed by atoms with E-state index in [1.54, 1.807) is 30.2 Å². The van der Waals surface area contributed by atoms with Crippen molar-refractivity contribution in [3.8, 4) is 11.5 Å². The largest absolute Gasteiger partial charge is 0.497 e. The topological polar surface area (TPSA) is 59.1 Å². The lowest BCUT2D eigenvalue weighted by Crippen LogP contribution is -2.29. The summed E-state index contributed by atoms with van der Waals surface area (Å²) >= 11 is 6.71. The molecule has 0 saturated carbocycles. The fraction of sp³-hybridized carbons (Fsp3) is 0.115. The lowest BCUT2D eigenvalue weighted by atomic mass is 10.1. The second-order valence-corrected chi connectivity index (χ2v) is 9.29. The van der Waals surface area contributed by atoms with E-state index in [0.29, 0.717) is 38.5 Å². The SMILES string of the molecule is COc1ccc(OC)c(N2C(=O)C(=C3C(=O)N(Cc4ccccc4)c4ccccc43)SC2=S)c1. The monoisotopic (exact) mass is 488 g/mol. The first-order valence-electron chi connectivity index (χ1n) is 10.5. The number of carbonyl (C=O) groups excluding carboxylic acids is 2. The van der Waals surface area contributed by atoms with E-state index in [4.69, 9.17) is 21.7 Å². The summed E-state index contributed by atoms with van der Waals surface area (Å²) in [7, 11) is 3.08. The highest BCUT2D eigenvalue weighted by Crippen LogP contribution is 2.47. The molecule has 0 radical (unpaired) electrons. The van der Waals surface area contributed by atoms with E-state index in [-0.39, 0.29) is 11.8 Å². The predicted molar refractivity (Wildman–Crippen MR) is 138 cm³/mol. The highest BCUT2D eigenvalue weighted by Gasteiger charge is 2.43. The van der Waals surface area contributed by atoms with Crippen molar-refractivity contribution in [2.45, 2.75) is 6.54 Å². The maximum absolute atomic E-state index is 13.7. The second kappa shape index (κ2) is 8.96. The molecule has 2 aliphatic rings. The van der Waals surface area contributed by atoms with Crippen LogP contribution in [-0.4, -0.2) is 30.4 Å². The van der Waals surface area contributed by atoms with Gasteiger partial charge in [0.05, 0.1) is 42.6 Å². The Morgan fingerprint density at radius 2 is 1.59 bits per heavy atom. The van der Waals surface area contributed by atoms with Gasteiger partial charge in [-0.2, -0.15) is 0 Å². The molecule has 2 amide bonds. The molecule has 0 atom stereocenters. The Labute approximate surface area is 206 Å². The van der Waals surface area contributed by atoms with Crippen LogP contribution in [0, 0.1) is 0 Å². The van der Waals surface area contributed by atoms with Crippen LogP contribution in [0.5, 0.6) is 11.5 Å². The first-order chi connectivity index (χ1) is 16.5. The van der Waals surface area contributed by atoms with Crippen LogP contribution in [0.3, 0.4) is 0 Å². The second-order valence-electron chi connectivity index (χ2n) is 7.64. The molecule has 3 aromatic carbocycles. The van der Waals surface area contributed by atoms with E-state index < -0.39 is 0 Å². The van der Waals surface area contributed by atoms with Gasteiger partial charge in [-0.3, -0.25) is 14.5 Å². The number of hydrogen-bond donors (Lipinski definition) is 0. The molecule has 0 N–H and O–H groups in total. The quantitative estimate of drug-likeness (QED) is 0.371. The van der Waals surface area contributed by atoms with Gasteiger partial charge in [-0.05, 0) is 23.8 Å². The first kappa shape index (κ1) is 22.2. The fourth-order valence-electron chi connectivity index (χ4n) is 4.12. The fourth-order valence-corrected chi connectivity index (χ4v) is 5.48. The summed E-state index contributed by atoms with van der Waals surface area (Å²) in [5.74, 6) is 0.463. The number of benzene rings is 3. The van der Waals surface area contributed by atoms with Crippen molar-refractivity contribution < 1.29 is 19.1 Å². The van der Waals surface area contributed by atoms with Gasteiger partial charge in [0.2, 0.25) is 0 Å². The molecule has 1 saturated heterocycles. The molecule has 34 heavy (non-hydrogen) atoms. The standard InChI is InChI=1S/C26H20N2O4S2/c1-31-17-12-13-21(32-2)20(14-17)28-25(30)23(34-26(28)33)22-18-10-6-7-11-19(18)27(24(22)29)15-16-8-4-3-5-9-16/h3-14H,15H2,1-2H3. The molecular formula is C26H20N2O4S2. The Hall–Kier alpha value is -3.62. The van der Waals surface area contributed by atoms with E-state index in [1.807, 2.05) is 54.6 Å². The summed E-state index contributed by atoms with van der Waals surface area (Å²) in [5, 5.41) is 0. The Kier molecular flexibility index (Phi) is 5.85. The van der Waals surface area contributed by atoms with Crippen molar-refractivity contribution in [2.24, 2.45) is 0 Å². The number of methoxy groups -OCH3 is 2. The Morgan fingerprint density at radius 1 is 0.853 bits per heavy atom. The van der Waals surface area contributed by atoms with Crippen LogP contribution < -0.4 is 19.3 Å². The number of hydrogen-bond acceptors (Lipinski definition) is 6. The lowest BCUT2D eigenvalue weighted by molar-refractivity contribution is -0.115. The zero-order valence-corrected chi connectivity index (χ0v) is 20.1. The van der Waals surface area contributed by atoms with Crippen molar-refractivity contribution in [3.63, 3.8) is 0 Å². The minimum atomic E-state index is -0.360. The average molecular weight is 489 g/mol. The number of ether oxygens (including phenoxy) is 2. The number of thioether (sulfide) groups is 1. The van der Waals surface area contributed by atoms with Gasteiger partial charge in [-0.15, -0.1) is 0 Å². The number of anilines is 2. The zero-order valence-electron chi connectivity index (χ0n) is 18.5. The predicted octanol–water partition coefficient (Wildman–Crippen LogP) is 5.03. The number of fused-ring (bicyclic) bond motifs is 1. The van der Waals surface area contributed by atoms with Crippen LogP contribution in [0.15, 0.2) is 77.7 Å². The van der Waals surface area contributed by atoms with Crippen LogP contribution in [0.4, 0.5) is 11.4 Å². The van der Waals surface area contributed by atoms with Crippen LogP contribution >= 0.6 is 24.0 Å². The molecular weight excluding hydrogens is 468 g/mol. The van der Waals surface area contributed by atoms with Gasteiger partial charge in [0.1, 0.15) is 11.5 Å². The Balaban J connectivity index is 1.59. The molecule has 0 unspecified atom stereocenters. The van der Waals surface area contributed by atoms with Gasteiger partial charge < -0.3 is 14.4 Å². The van der Waals surface area contributed by atoms with E-state index in [9.17, 15) is 9.59 Å². The summed E-state index contributed by atoms with van der Waals surface area (Å²) in [4.78, 5) is 30.8. The maximum Gasteiger partial charge on any atom is 0.271 e. The van der Waals surface area contributed by atoms with Crippen molar-refractivity contribution in [1.29, 1.82) is 0 Å². The average Bonchev–Trinajstić information content (AvgIpc) is 3.31. The summed E-state index contributed by atoms with van der Waals surface area (Å²) in [6.45, 7) is 0.407. The minimum Gasteiger partial charge on any atom is -0.497 e. The Bertz CT molecular complexity index is 1350. The molecule has 3 aromatic rings. The molecule has 2 aliphatic heterocycles. The van der Waals surface area contributed by atoms with E-state index in [2.05, 4.69) is 0 Å². The third-order valence-corrected chi connectivity index (χ3v) is 7.10. The summed E-state index contributed by atoms with van der Waals surface area (Å²) in [6, 6.07) is 22.4. The lowest BCUT2D eigenvalue weighted by Gasteiger charge is -2.19. The van der Waals surface area contributed by atoms with Crippen LogP contribution in [-0.2, 0) is 16.1 Å². The van der Waals surface area contributed by atoms with Crippen molar-refractivity contribution in [1.82, 2.24) is 0 Å². The summed E-state index contributed by atoms with van der Waals surface area (Å²) in [5.41, 5.74) is 3.34. The molecule has 5 rings (SSSR count). The number of amides is 2. The molecule has 1 fully saturated rings. The maximum atomic E-state index is 13.7. The Morgan fingerprint density at radius 3 is 2.32 bits per heavy atom. The number of para-hydroxylation sites is 1. The highest BCUT2D eigenvalue weighted by atomic mass is 32.2. The minimum absolute atomic E-state index is 0.219. The summed E-state index contributed by atoms with van der Waals surface area (Å²) in [6.07, 6.45) is 0. The van der Waals surface area contributed by atoms with Crippen molar-refractivity contribution in [3.05, 3.63) is 88.8 Å². The van der Waals surface area contributed by atoms with Gasteiger partial charge in [0.25, 0.3) is 11.8 Å². The molecule has 0 spiro atoms. The summed E-state index contributed by atoms with van der Waals surface area (Å²) < 4.78 is 11.1. The number of thiocarbonyl (C=S) groups is 1. The molecule has 2 heterocycles. The van der Waals surface area contributed by atoms with Crippen LogP contribution in [0.2, 0.25) is 0 Å². The molecule has 0 aromatic heterocycles. The third-order valence-electron chi connectivity index (χ3n) is 5.73. The number of nitrogens with zero attached hydrogens (tertiary/aromatic N) is 2. The van der Waals surface area contributed by atoms with Gasteiger partial charge in [0.15, 0.2) is 4.32 Å². The molecule has 6 nitrogen and oxygen atoms in total. The first-order valence-corrected chi connectivity index (χ1v) is 11.7. The van der Waals surface area contributed by atoms with Gasteiger partial charge in [0, 0.05) is 11.6 Å². The van der Waals surface area contributed by atoms with E-state index in [1.165, 1.54) is 12.0 Å². The van der Waals surface area contributed by atoms with Gasteiger partial charge >= 0.3 is 0 Å². The molecule has 170 valence electrons. The highest BCUT2D eigenvalue weighted by molar-refractivity contribution is 8.27. The normalized spacial score (nSPS) is 17.4. The number of carbonyl (C=O) groups is 2.